The van der Waals surface area contributed by atoms with E-state index in [9.17, 15) is 0 Å². The minimum Gasteiger partial charge on any atom is -0.409 e. The predicted molar refractivity (Wildman–Crippen MR) is 67.6 cm³/mol. The summed E-state index contributed by atoms with van der Waals surface area (Å²) < 4.78 is 0. The molecular weight excluding hydrogens is 250 g/mol. The zero-order chi connectivity index (χ0) is 13.0. The minimum absolute atomic E-state index is 0.0569. The maximum absolute atomic E-state index is 8.67. The first kappa shape index (κ1) is 12.3. The fourth-order valence-electron chi connectivity index (χ4n) is 1.34. The van der Waals surface area contributed by atoms with Crippen LogP contribution in [-0.4, -0.2) is 26.0 Å². The molecule has 0 aromatic carbocycles. The molecule has 3 N–H and O–H groups in total. The fourth-order valence-corrected chi connectivity index (χ4v) is 2.16. The molecule has 0 atom stereocenters. The lowest BCUT2D eigenvalue weighted by Crippen LogP contribution is -2.13. The first-order valence-corrected chi connectivity index (χ1v) is 5.91. The van der Waals surface area contributed by atoms with Gasteiger partial charge in [0.15, 0.2) is 5.84 Å². The van der Waals surface area contributed by atoms with Gasteiger partial charge in [-0.05, 0) is 30.8 Å². The van der Waals surface area contributed by atoms with Crippen molar-refractivity contribution in [3.05, 3.63) is 42.0 Å². The lowest BCUT2D eigenvalue weighted by molar-refractivity contribution is 0.318. The van der Waals surface area contributed by atoms with Crippen molar-refractivity contribution < 1.29 is 5.21 Å². The Morgan fingerprint density at radius 3 is 2.83 bits per heavy atom. The summed E-state index contributed by atoms with van der Waals surface area (Å²) in [7, 11) is 0. The van der Waals surface area contributed by atoms with E-state index in [0.717, 1.165) is 15.7 Å². The van der Waals surface area contributed by atoms with Crippen molar-refractivity contribution in [1.29, 1.82) is 0 Å². The molecule has 18 heavy (non-hydrogen) atoms. The second-order valence-electron chi connectivity index (χ2n) is 3.47. The molecule has 0 unspecified atom stereocenters. The SMILES string of the molecule is Cc1cc(/C(N)=N/O)cc(Sc2cnccn2)n1. The molecule has 2 rings (SSSR count). The Bertz CT molecular complexity index is 573. The van der Waals surface area contributed by atoms with Crippen LogP contribution in [0.25, 0.3) is 0 Å². The number of hydrogen-bond donors (Lipinski definition) is 2. The van der Waals surface area contributed by atoms with Gasteiger partial charge in [-0.3, -0.25) is 4.98 Å². The maximum atomic E-state index is 8.67. The van der Waals surface area contributed by atoms with Crippen LogP contribution in [0.2, 0.25) is 0 Å². The van der Waals surface area contributed by atoms with Gasteiger partial charge in [-0.15, -0.1) is 0 Å². The van der Waals surface area contributed by atoms with E-state index in [1.165, 1.54) is 11.8 Å². The molecule has 0 spiro atoms. The molecule has 0 aliphatic heterocycles. The van der Waals surface area contributed by atoms with Gasteiger partial charge in [-0.25, -0.2) is 9.97 Å². The van der Waals surface area contributed by atoms with Gasteiger partial charge >= 0.3 is 0 Å². The smallest absolute Gasteiger partial charge is 0.170 e. The van der Waals surface area contributed by atoms with Gasteiger partial charge in [-0.2, -0.15) is 0 Å². The quantitative estimate of drug-likeness (QED) is 0.375. The number of oxime groups is 1. The maximum Gasteiger partial charge on any atom is 0.170 e. The first-order chi connectivity index (χ1) is 8.69. The number of nitrogens with zero attached hydrogens (tertiary/aromatic N) is 4. The van der Waals surface area contributed by atoms with Crippen molar-refractivity contribution in [2.45, 2.75) is 17.0 Å². The summed E-state index contributed by atoms with van der Waals surface area (Å²) in [5.41, 5.74) is 6.96. The molecule has 2 aromatic heterocycles. The average Bonchev–Trinajstić information content (AvgIpc) is 2.38. The Kier molecular flexibility index (Phi) is 3.73. The summed E-state index contributed by atoms with van der Waals surface area (Å²) in [4.78, 5) is 12.5. The number of nitrogens with two attached hydrogens (primary N) is 1. The standard InChI is InChI=1S/C11H11N5OS/c1-7-4-8(11(12)16-17)5-9(15-7)18-10-6-13-2-3-14-10/h2-6,17H,1H3,(H2,12,16). The van der Waals surface area contributed by atoms with Crippen LogP contribution in [0, 0.1) is 6.92 Å². The Labute approximate surface area is 108 Å². The van der Waals surface area contributed by atoms with E-state index >= 15 is 0 Å². The van der Waals surface area contributed by atoms with Gasteiger partial charge in [-0.1, -0.05) is 5.16 Å². The molecule has 0 fully saturated rings. The molecule has 6 nitrogen and oxygen atoms in total. The van der Waals surface area contributed by atoms with Crippen LogP contribution in [0.4, 0.5) is 0 Å². The van der Waals surface area contributed by atoms with E-state index in [1.807, 2.05) is 6.92 Å². The van der Waals surface area contributed by atoms with Gasteiger partial charge < -0.3 is 10.9 Å². The number of pyridine rings is 1. The van der Waals surface area contributed by atoms with Crippen molar-refractivity contribution >= 4 is 17.6 Å². The normalized spacial score (nSPS) is 11.5. The van der Waals surface area contributed by atoms with Crippen molar-refractivity contribution in [2.75, 3.05) is 0 Å². The van der Waals surface area contributed by atoms with Crippen LogP contribution >= 0.6 is 11.8 Å². The van der Waals surface area contributed by atoms with Crippen molar-refractivity contribution in [3.8, 4) is 0 Å². The third-order valence-corrected chi connectivity index (χ3v) is 2.92. The van der Waals surface area contributed by atoms with Crippen LogP contribution in [0.15, 0.2) is 45.9 Å². The Morgan fingerprint density at radius 1 is 1.33 bits per heavy atom. The fraction of sp³-hybridized carbons (Fsp3) is 0.0909. The number of aromatic nitrogens is 3. The van der Waals surface area contributed by atoms with E-state index < -0.39 is 0 Å². The summed E-state index contributed by atoms with van der Waals surface area (Å²) in [6.45, 7) is 1.84. The highest BCUT2D eigenvalue weighted by Gasteiger charge is 2.06. The molecule has 0 saturated carbocycles. The van der Waals surface area contributed by atoms with Crippen LogP contribution in [-0.2, 0) is 0 Å². The Morgan fingerprint density at radius 2 is 2.17 bits per heavy atom. The second kappa shape index (κ2) is 5.46. The molecule has 0 bridgehead atoms. The second-order valence-corrected chi connectivity index (χ2v) is 4.51. The zero-order valence-electron chi connectivity index (χ0n) is 9.61. The number of aryl methyl sites for hydroxylation is 1. The van der Waals surface area contributed by atoms with Gasteiger partial charge in [0.05, 0.1) is 6.20 Å². The van der Waals surface area contributed by atoms with Crippen LogP contribution in [0.3, 0.4) is 0 Å². The highest BCUT2D eigenvalue weighted by molar-refractivity contribution is 7.99. The number of rotatable bonds is 3. The first-order valence-electron chi connectivity index (χ1n) is 5.09. The highest BCUT2D eigenvalue weighted by atomic mass is 32.2. The number of amidine groups is 1. The van der Waals surface area contributed by atoms with Crippen molar-refractivity contribution in [3.63, 3.8) is 0 Å². The van der Waals surface area contributed by atoms with Crippen LogP contribution in [0.5, 0.6) is 0 Å². The molecule has 92 valence electrons. The molecule has 0 aliphatic rings. The highest BCUT2D eigenvalue weighted by Crippen LogP contribution is 2.24. The van der Waals surface area contributed by atoms with E-state index in [2.05, 4.69) is 20.1 Å². The van der Waals surface area contributed by atoms with E-state index in [0.29, 0.717) is 5.56 Å². The monoisotopic (exact) mass is 261 g/mol. The molecule has 2 aromatic rings. The summed E-state index contributed by atoms with van der Waals surface area (Å²) in [6.07, 6.45) is 4.87. The van der Waals surface area contributed by atoms with Crippen LogP contribution < -0.4 is 5.73 Å². The average molecular weight is 261 g/mol. The molecule has 2 heterocycles. The molecule has 0 saturated heterocycles. The summed E-state index contributed by atoms with van der Waals surface area (Å²) in [5.74, 6) is 0.0569. The van der Waals surface area contributed by atoms with Crippen molar-refractivity contribution in [1.82, 2.24) is 15.0 Å². The van der Waals surface area contributed by atoms with E-state index in [4.69, 9.17) is 10.9 Å². The molecule has 0 amide bonds. The van der Waals surface area contributed by atoms with Crippen LogP contribution in [0.1, 0.15) is 11.3 Å². The number of hydrogen-bond acceptors (Lipinski definition) is 6. The van der Waals surface area contributed by atoms with E-state index in [1.54, 1.807) is 30.7 Å². The van der Waals surface area contributed by atoms with Gasteiger partial charge in [0.2, 0.25) is 0 Å². The van der Waals surface area contributed by atoms with Gasteiger partial charge in [0, 0.05) is 23.7 Å². The minimum atomic E-state index is 0.0569. The van der Waals surface area contributed by atoms with Gasteiger partial charge in [0.25, 0.3) is 0 Å². The lowest BCUT2D eigenvalue weighted by Gasteiger charge is -2.04. The summed E-state index contributed by atoms with van der Waals surface area (Å²) >= 11 is 1.37. The topological polar surface area (TPSA) is 97.3 Å². The van der Waals surface area contributed by atoms with Crippen molar-refractivity contribution in [2.24, 2.45) is 10.9 Å². The molecular formula is C11H11N5OS. The largest absolute Gasteiger partial charge is 0.409 e. The molecule has 7 heteroatoms. The lowest BCUT2D eigenvalue weighted by atomic mass is 10.2. The van der Waals surface area contributed by atoms with E-state index in [-0.39, 0.29) is 5.84 Å². The molecule has 0 radical (unpaired) electrons. The molecule has 0 aliphatic carbocycles. The predicted octanol–water partition coefficient (Wildman–Crippen LogP) is 1.43. The third-order valence-electron chi connectivity index (χ3n) is 2.08. The van der Waals surface area contributed by atoms with Gasteiger partial charge in [0.1, 0.15) is 10.1 Å². The zero-order valence-corrected chi connectivity index (χ0v) is 10.4. The third kappa shape index (κ3) is 2.95. The summed E-state index contributed by atoms with van der Waals surface area (Å²) in [5, 5.41) is 13.1. The Balaban J connectivity index is 2.31. The summed E-state index contributed by atoms with van der Waals surface area (Å²) in [6, 6.07) is 3.48. The Hall–Kier alpha value is -2.15.